The first-order valence-corrected chi connectivity index (χ1v) is 8.43. The van der Waals surface area contributed by atoms with Gasteiger partial charge in [0.15, 0.2) is 5.01 Å². The molecule has 0 saturated heterocycles. The molecule has 0 spiro atoms. The van der Waals surface area contributed by atoms with Crippen molar-refractivity contribution in [3.05, 3.63) is 24.5 Å². The van der Waals surface area contributed by atoms with E-state index >= 15 is 0 Å². The average molecular weight is 310 g/mol. The molecule has 8 heteroatoms. The Kier molecular flexibility index (Phi) is 4.91. The molecule has 1 amide bonds. The summed E-state index contributed by atoms with van der Waals surface area (Å²) in [5, 5.41) is 9.31. The van der Waals surface area contributed by atoms with Gasteiger partial charge in [0.2, 0.25) is 11.0 Å². The number of pyridine rings is 1. The third-order valence-electron chi connectivity index (χ3n) is 2.59. The molecule has 0 aromatic carbocycles. The second-order valence-electron chi connectivity index (χ2n) is 4.11. The molecule has 0 bridgehead atoms. The molecular formula is C12H14N4O2S2. The molecule has 1 unspecified atom stereocenters. The Morgan fingerprint density at radius 1 is 1.45 bits per heavy atom. The van der Waals surface area contributed by atoms with Gasteiger partial charge in [-0.15, -0.1) is 10.2 Å². The summed E-state index contributed by atoms with van der Waals surface area (Å²) in [6, 6.07) is 3.71. The van der Waals surface area contributed by atoms with Crippen molar-refractivity contribution in [2.24, 2.45) is 0 Å². The van der Waals surface area contributed by atoms with Gasteiger partial charge in [-0.1, -0.05) is 11.3 Å². The second kappa shape index (κ2) is 6.67. The number of carbonyl (C=O) groups excluding carboxylic acids is 1. The first-order chi connectivity index (χ1) is 9.58. The lowest BCUT2D eigenvalue weighted by Crippen LogP contribution is -2.27. The first kappa shape index (κ1) is 14.7. The summed E-state index contributed by atoms with van der Waals surface area (Å²) in [7, 11) is 0.675. The number of aromatic nitrogens is 3. The van der Waals surface area contributed by atoms with Gasteiger partial charge in [0, 0.05) is 54.2 Å². The van der Waals surface area contributed by atoms with Gasteiger partial charge in [0.05, 0.1) is 0 Å². The Morgan fingerprint density at radius 2 is 2.25 bits per heavy atom. The minimum Gasteiger partial charge on any atom is -0.290 e. The topological polar surface area (TPSA) is 76.1 Å². The summed E-state index contributed by atoms with van der Waals surface area (Å²) in [5.41, 5.74) is 0.867. The van der Waals surface area contributed by atoms with Crippen molar-refractivity contribution in [2.75, 3.05) is 24.0 Å². The monoisotopic (exact) mass is 310 g/mol. The molecule has 2 aromatic heterocycles. The standard InChI is InChI=1S/C12H14N4O2S2/c1-16(10(17)5-7-20(2)18)12-15-14-11(19-12)9-4-3-6-13-8-9/h3-4,6,8H,5,7H2,1-2H3. The van der Waals surface area contributed by atoms with Crippen LogP contribution in [0, 0.1) is 0 Å². The second-order valence-corrected chi connectivity index (χ2v) is 6.62. The highest BCUT2D eigenvalue weighted by Gasteiger charge is 2.16. The van der Waals surface area contributed by atoms with Crippen molar-refractivity contribution in [3.8, 4) is 10.6 Å². The van der Waals surface area contributed by atoms with Crippen LogP contribution in [0.25, 0.3) is 10.6 Å². The average Bonchev–Trinajstić information content (AvgIpc) is 2.94. The van der Waals surface area contributed by atoms with Gasteiger partial charge >= 0.3 is 0 Å². The van der Waals surface area contributed by atoms with E-state index in [2.05, 4.69) is 15.2 Å². The van der Waals surface area contributed by atoms with Crippen molar-refractivity contribution >= 4 is 33.2 Å². The van der Waals surface area contributed by atoms with Gasteiger partial charge in [0.25, 0.3) is 0 Å². The molecule has 20 heavy (non-hydrogen) atoms. The smallest absolute Gasteiger partial charge is 0.229 e. The fourth-order valence-corrected chi connectivity index (χ4v) is 2.74. The van der Waals surface area contributed by atoms with Gasteiger partial charge in [-0.2, -0.15) is 0 Å². The van der Waals surface area contributed by atoms with Gasteiger partial charge < -0.3 is 0 Å². The van der Waals surface area contributed by atoms with E-state index in [1.807, 2.05) is 12.1 Å². The van der Waals surface area contributed by atoms with Crippen molar-refractivity contribution in [1.29, 1.82) is 0 Å². The molecule has 6 nitrogen and oxygen atoms in total. The molecule has 0 aliphatic heterocycles. The number of anilines is 1. The quantitative estimate of drug-likeness (QED) is 0.833. The van der Waals surface area contributed by atoms with E-state index in [-0.39, 0.29) is 12.3 Å². The zero-order valence-electron chi connectivity index (χ0n) is 11.1. The Bertz CT molecular complexity index is 615. The molecule has 106 valence electrons. The summed E-state index contributed by atoms with van der Waals surface area (Å²) in [6.07, 6.45) is 5.21. The first-order valence-electron chi connectivity index (χ1n) is 5.88. The fourth-order valence-electron chi connectivity index (χ4n) is 1.46. The van der Waals surface area contributed by atoms with Crippen LogP contribution in [0.5, 0.6) is 0 Å². The third-order valence-corrected chi connectivity index (χ3v) is 4.42. The molecule has 0 aliphatic carbocycles. The van der Waals surface area contributed by atoms with Gasteiger partial charge in [-0.25, -0.2) is 0 Å². The predicted molar refractivity (Wildman–Crippen MR) is 80.1 cm³/mol. The summed E-state index contributed by atoms with van der Waals surface area (Å²) in [4.78, 5) is 17.4. The van der Waals surface area contributed by atoms with Crippen LogP contribution in [0.3, 0.4) is 0 Å². The maximum absolute atomic E-state index is 11.9. The number of rotatable bonds is 5. The van der Waals surface area contributed by atoms with Gasteiger partial charge in [-0.3, -0.25) is 18.9 Å². The third kappa shape index (κ3) is 3.67. The summed E-state index contributed by atoms with van der Waals surface area (Å²) in [6.45, 7) is 0. The molecule has 0 aliphatic rings. The van der Waals surface area contributed by atoms with Crippen molar-refractivity contribution in [2.45, 2.75) is 6.42 Å². The minimum absolute atomic E-state index is 0.117. The number of carbonyl (C=O) groups is 1. The summed E-state index contributed by atoms with van der Waals surface area (Å²) in [5.74, 6) is 0.242. The number of hydrogen-bond acceptors (Lipinski definition) is 6. The molecule has 0 saturated carbocycles. The largest absolute Gasteiger partial charge is 0.290 e. The van der Waals surface area contributed by atoms with Crippen LogP contribution in [-0.4, -0.2) is 44.4 Å². The van der Waals surface area contributed by atoms with E-state index in [0.717, 1.165) is 5.56 Å². The molecule has 0 fully saturated rings. The maximum atomic E-state index is 11.9. The van der Waals surface area contributed by atoms with Crippen LogP contribution in [0.2, 0.25) is 0 Å². The SMILES string of the molecule is CN(C(=O)CCS(C)=O)c1nnc(-c2cccnc2)s1. The van der Waals surface area contributed by atoms with Crippen molar-refractivity contribution < 1.29 is 9.00 Å². The lowest BCUT2D eigenvalue weighted by atomic mass is 10.3. The van der Waals surface area contributed by atoms with E-state index < -0.39 is 10.8 Å². The normalized spacial score (nSPS) is 12.1. The Morgan fingerprint density at radius 3 is 2.90 bits per heavy atom. The van der Waals surface area contributed by atoms with E-state index in [1.165, 1.54) is 16.2 Å². The highest BCUT2D eigenvalue weighted by atomic mass is 32.2. The van der Waals surface area contributed by atoms with E-state index in [1.54, 1.807) is 25.7 Å². The van der Waals surface area contributed by atoms with E-state index in [9.17, 15) is 9.00 Å². The highest BCUT2D eigenvalue weighted by molar-refractivity contribution is 7.84. The zero-order valence-corrected chi connectivity index (χ0v) is 12.8. The number of nitrogens with zero attached hydrogens (tertiary/aromatic N) is 4. The zero-order chi connectivity index (χ0) is 14.5. The molecular weight excluding hydrogens is 296 g/mol. The van der Waals surface area contributed by atoms with Crippen molar-refractivity contribution in [1.82, 2.24) is 15.2 Å². The Balaban J connectivity index is 2.08. The van der Waals surface area contributed by atoms with E-state index in [0.29, 0.717) is 15.9 Å². The predicted octanol–water partition coefficient (Wildman–Crippen LogP) is 1.33. The molecule has 0 N–H and O–H groups in total. The Labute approximate surface area is 123 Å². The molecule has 2 rings (SSSR count). The van der Waals surface area contributed by atoms with Crippen LogP contribution < -0.4 is 4.90 Å². The summed E-state index contributed by atoms with van der Waals surface area (Å²) < 4.78 is 11.0. The van der Waals surface area contributed by atoms with Gasteiger partial charge in [-0.05, 0) is 12.1 Å². The van der Waals surface area contributed by atoms with Crippen LogP contribution in [0.1, 0.15) is 6.42 Å². The van der Waals surface area contributed by atoms with Crippen LogP contribution in [-0.2, 0) is 15.6 Å². The van der Waals surface area contributed by atoms with Crippen LogP contribution in [0.15, 0.2) is 24.5 Å². The minimum atomic E-state index is -0.972. The van der Waals surface area contributed by atoms with Crippen LogP contribution in [0.4, 0.5) is 5.13 Å². The van der Waals surface area contributed by atoms with Gasteiger partial charge in [0.1, 0.15) is 0 Å². The number of amides is 1. The van der Waals surface area contributed by atoms with E-state index in [4.69, 9.17) is 0 Å². The molecule has 2 aromatic rings. The lowest BCUT2D eigenvalue weighted by molar-refractivity contribution is -0.117. The fraction of sp³-hybridized carbons (Fsp3) is 0.333. The molecule has 2 heterocycles. The summed E-state index contributed by atoms with van der Waals surface area (Å²) >= 11 is 1.32. The highest BCUT2D eigenvalue weighted by Crippen LogP contribution is 2.27. The van der Waals surface area contributed by atoms with Crippen LogP contribution >= 0.6 is 11.3 Å². The number of hydrogen-bond donors (Lipinski definition) is 0. The Hall–Kier alpha value is -1.67. The lowest BCUT2D eigenvalue weighted by Gasteiger charge is -2.12. The van der Waals surface area contributed by atoms with Crippen molar-refractivity contribution in [3.63, 3.8) is 0 Å². The molecule has 0 radical (unpaired) electrons. The maximum Gasteiger partial charge on any atom is 0.229 e. The molecule has 1 atom stereocenters.